The standard InChI is InChI=1S/C22H27N5O3S/c1-13-19-21(24-12-25-22(19)27-4-6-31(28,29)7-5-27)26-18-9-15(16-10-23-11-16)8-17(14-2-3-14)20(18)30-13/h8-9,12-14,16,23H,2-7,10-11H2,1H3,(H,24,25,26)/t13-/m0/s1. The van der Waals surface area contributed by atoms with Gasteiger partial charge in [-0.15, -0.1) is 0 Å². The average molecular weight is 442 g/mol. The lowest BCUT2D eigenvalue weighted by atomic mass is 9.90. The van der Waals surface area contributed by atoms with Gasteiger partial charge in [-0.05, 0) is 42.9 Å². The van der Waals surface area contributed by atoms with Crippen LogP contribution in [0.4, 0.5) is 17.3 Å². The van der Waals surface area contributed by atoms with E-state index < -0.39 is 9.84 Å². The SMILES string of the molecule is C[C@@H]1Oc2c(cc(C3CNC3)cc2C2CC2)Nc2ncnc(N3CCS(=O)(=O)CC3)c21. The highest BCUT2D eigenvalue weighted by Gasteiger charge is 2.35. The molecule has 31 heavy (non-hydrogen) atoms. The first-order chi connectivity index (χ1) is 15.0. The molecule has 0 radical (unpaired) electrons. The smallest absolute Gasteiger partial charge is 0.153 e. The summed E-state index contributed by atoms with van der Waals surface area (Å²) >= 11 is 0. The maximum Gasteiger partial charge on any atom is 0.153 e. The Balaban J connectivity index is 1.41. The Labute approximate surface area is 182 Å². The molecule has 2 saturated heterocycles. The zero-order valence-corrected chi connectivity index (χ0v) is 18.4. The fourth-order valence-corrected chi connectivity index (χ4v) is 5.96. The van der Waals surface area contributed by atoms with Crippen molar-refractivity contribution >= 4 is 27.2 Å². The lowest BCUT2D eigenvalue weighted by Crippen LogP contribution is -2.41. The molecule has 0 amide bonds. The summed E-state index contributed by atoms with van der Waals surface area (Å²) in [5.74, 6) is 3.85. The van der Waals surface area contributed by atoms with Crippen molar-refractivity contribution < 1.29 is 13.2 Å². The van der Waals surface area contributed by atoms with Gasteiger partial charge in [0.1, 0.15) is 29.8 Å². The molecule has 0 spiro atoms. The van der Waals surface area contributed by atoms with E-state index in [-0.39, 0.29) is 17.6 Å². The number of benzene rings is 1. The number of hydrogen-bond donors (Lipinski definition) is 2. The summed E-state index contributed by atoms with van der Waals surface area (Å²) < 4.78 is 30.4. The van der Waals surface area contributed by atoms with E-state index in [1.54, 1.807) is 6.33 Å². The van der Waals surface area contributed by atoms with Crippen LogP contribution in [0, 0.1) is 0 Å². The lowest BCUT2D eigenvalue weighted by molar-refractivity contribution is 0.228. The van der Waals surface area contributed by atoms with Crippen molar-refractivity contribution in [1.82, 2.24) is 15.3 Å². The molecule has 3 fully saturated rings. The molecule has 164 valence electrons. The number of fused-ring (bicyclic) bond motifs is 2. The van der Waals surface area contributed by atoms with Crippen molar-refractivity contribution in [3.63, 3.8) is 0 Å². The molecule has 1 aromatic carbocycles. The Morgan fingerprint density at radius 3 is 2.55 bits per heavy atom. The minimum absolute atomic E-state index is 0.152. The molecule has 1 aliphatic carbocycles. The maximum absolute atomic E-state index is 11.9. The predicted molar refractivity (Wildman–Crippen MR) is 119 cm³/mol. The van der Waals surface area contributed by atoms with E-state index in [2.05, 4.69) is 32.7 Å². The minimum atomic E-state index is -2.96. The first-order valence-electron chi connectivity index (χ1n) is 11.1. The number of rotatable bonds is 3. The maximum atomic E-state index is 11.9. The van der Waals surface area contributed by atoms with Crippen molar-refractivity contribution in [3.8, 4) is 5.75 Å². The topological polar surface area (TPSA) is 96.4 Å². The van der Waals surface area contributed by atoms with Crippen LogP contribution in [0.25, 0.3) is 0 Å². The zero-order chi connectivity index (χ0) is 21.2. The number of nitrogens with zero attached hydrogens (tertiary/aromatic N) is 3. The van der Waals surface area contributed by atoms with Gasteiger partial charge in [-0.1, -0.05) is 6.07 Å². The predicted octanol–water partition coefficient (Wildman–Crippen LogP) is 2.47. The molecule has 4 aliphatic rings. The molecule has 2 aromatic rings. The van der Waals surface area contributed by atoms with E-state index in [4.69, 9.17) is 4.74 Å². The summed E-state index contributed by atoms with van der Waals surface area (Å²) in [7, 11) is -2.96. The van der Waals surface area contributed by atoms with E-state index in [1.165, 1.54) is 24.0 Å². The molecule has 1 atom stereocenters. The number of aromatic nitrogens is 2. The zero-order valence-electron chi connectivity index (χ0n) is 17.6. The molecule has 4 heterocycles. The van der Waals surface area contributed by atoms with Crippen LogP contribution in [0.3, 0.4) is 0 Å². The molecular formula is C22H27N5O3S. The Morgan fingerprint density at radius 1 is 1.10 bits per heavy atom. The normalized spacial score (nSPS) is 24.8. The summed E-state index contributed by atoms with van der Waals surface area (Å²) in [5.41, 5.74) is 4.52. The van der Waals surface area contributed by atoms with Crippen molar-refractivity contribution in [2.24, 2.45) is 0 Å². The lowest BCUT2D eigenvalue weighted by Gasteiger charge is -2.30. The van der Waals surface area contributed by atoms with Gasteiger partial charge in [-0.2, -0.15) is 0 Å². The molecule has 0 unspecified atom stereocenters. The molecule has 1 saturated carbocycles. The number of ether oxygens (including phenoxy) is 1. The van der Waals surface area contributed by atoms with Gasteiger partial charge < -0.3 is 20.3 Å². The molecule has 6 rings (SSSR count). The third-order valence-electron chi connectivity index (χ3n) is 6.87. The third-order valence-corrected chi connectivity index (χ3v) is 8.48. The van der Waals surface area contributed by atoms with Crippen molar-refractivity contribution in [3.05, 3.63) is 35.2 Å². The monoisotopic (exact) mass is 441 g/mol. The van der Waals surface area contributed by atoms with Gasteiger partial charge in [-0.3, -0.25) is 0 Å². The van der Waals surface area contributed by atoms with Gasteiger partial charge in [0.25, 0.3) is 0 Å². The molecule has 0 bridgehead atoms. The Morgan fingerprint density at radius 2 is 1.87 bits per heavy atom. The summed E-state index contributed by atoms with van der Waals surface area (Å²) in [4.78, 5) is 11.1. The van der Waals surface area contributed by atoms with E-state index >= 15 is 0 Å². The van der Waals surface area contributed by atoms with Crippen LogP contribution in [0.1, 0.15) is 54.4 Å². The van der Waals surface area contributed by atoms with Gasteiger partial charge in [0.15, 0.2) is 9.84 Å². The van der Waals surface area contributed by atoms with Crippen molar-refractivity contribution in [2.75, 3.05) is 47.9 Å². The van der Waals surface area contributed by atoms with Gasteiger partial charge in [0.2, 0.25) is 0 Å². The number of sulfone groups is 1. The third kappa shape index (κ3) is 3.43. The highest BCUT2D eigenvalue weighted by molar-refractivity contribution is 7.91. The van der Waals surface area contributed by atoms with E-state index in [9.17, 15) is 8.42 Å². The first-order valence-corrected chi connectivity index (χ1v) is 12.9. The number of nitrogens with one attached hydrogen (secondary N) is 2. The Kier molecular flexibility index (Phi) is 4.40. The average Bonchev–Trinajstić information content (AvgIpc) is 3.53. The first kappa shape index (κ1) is 19.3. The van der Waals surface area contributed by atoms with E-state index in [0.29, 0.717) is 24.9 Å². The van der Waals surface area contributed by atoms with Gasteiger partial charge >= 0.3 is 0 Å². The second kappa shape index (κ2) is 7.06. The Bertz CT molecular complexity index is 1130. The fraction of sp³-hybridized carbons (Fsp3) is 0.545. The van der Waals surface area contributed by atoms with E-state index in [0.717, 1.165) is 41.7 Å². The van der Waals surface area contributed by atoms with Crippen LogP contribution < -0.4 is 20.3 Å². The largest absolute Gasteiger partial charge is 0.483 e. The fourth-order valence-electron chi connectivity index (χ4n) is 4.76. The van der Waals surface area contributed by atoms with Crippen LogP contribution in [-0.2, 0) is 9.84 Å². The van der Waals surface area contributed by atoms with Gasteiger partial charge in [0.05, 0.1) is 22.8 Å². The van der Waals surface area contributed by atoms with E-state index in [1.807, 2.05) is 11.8 Å². The highest BCUT2D eigenvalue weighted by Crippen LogP contribution is 2.51. The van der Waals surface area contributed by atoms with Crippen LogP contribution in [0.15, 0.2) is 18.5 Å². The van der Waals surface area contributed by atoms with Crippen LogP contribution in [0.5, 0.6) is 5.75 Å². The molecule has 2 N–H and O–H groups in total. The minimum Gasteiger partial charge on any atom is -0.483 e. The molecular weight excluding hydrogens is 414 g/mol. The molecule has 8 nitrogen and oxygen atoms in total. The second-order valence-electron chi connectivity index (χ2n) is 9.10. The van der Waals surface area contributed by atoms with Crippen LogP contribution in [0.2, 0.25) is 0 Å². The Hall–Kier alpha value is -2.39. The quantitative estimate of drug-likeness (QED) is 0.750. The van der Waals surface area contributed by atoms with Crippen molar-refractivity contribution in [1.29, 1.82) is 0 Å². The van der Waals surface area contributed by atoms with Crippen LogP contribution >= 0.6 is 0 Å². The summed E-state index contributed by atoms with van der Waals surface area (Å²) in [6.07, 6.45) is 3.73. The molecule has 1 aromatic heterocycles. The van der Waals surface area contributed by atoms with Crippen molar-refractivity contribution in [2.45, 2.75) is 37.7 Å². The summed E-state index contributed by atoms with van der Waals surface area (Å²) in [5, 5.41) is 6.92. The van der Waals surface area contributed by atoms with Crippen LogP contribution in [-0.4, -0.2) is 56.1 Å². The highest BCUT2D eigenvalue weighted by atomic mass is 32.2. The summed E-state index contributed by atoms with van der Waals surface area (Å²) in [6, 6.07) is 4.55. The van der Waals surface area contributed by atoms with Gasteiger partial charge in [0, 0.05) is 32.1 Å². The second-order valence-corrected chi connectivity index (χ2v) is 11.4. The molecule has 9 heteroatoms. The number of anilines is 3. The van der Waals surface area contributed by atoms with Gasteiger partial charge in [-0.25, -0.2) is 18.4 Å². The number of hydrogen-bond acceptors (Lipinski definition) is 8. The molecule has 3 aliphatic heterocycles. The summed E-state index contributed by atoms with van der Waals surface area (Å²) in [6.45, 7) is 4.95.